The van der Waals surface area contributed by atoms with Crippen LogP contribution in [0.3, 0.4) is 0 Å². The Morgan fingerprint density at radius 2 is 1.70 bits per heavy atom. The summed E-state index contributed by atoms with van der Waals surface area (Å²) in [7, 11) is -4.28. The van der Waals surface area contributed by atoms with Crippen LogP contribution >= 0.6 is 0 Å². The van der Waals surface area contributed by atoms with Crippen molar-refractivity contribution in [1.29, 1.82) is 0 Å². The van der Waals surface area contributed by atoms with Gasteiger partial charge in [-0.25, -0.2) is 8.42 Å². The molecule has 12 heteroatoms. The Balaban J connectivity index is 1.55. The van der Waals surface area contributed by atoms with Crippen LogP contribution in [-0.2, 0) is 22.6 Å². The molecule has 0 spiro atoms. The number of piperazine rings is 1. The Hall–Kier alpha value is -2.73. The number of alkyl halides is 3. The Bertz CT molecular complexity index is 1170. The summed E-state index contributed by atoms with van der Waals surface area (Å²) in [5, 5.41) is 12.6. The molecule has 0 atom stereocenters. The fraction of sp³-hybridized carbons (Fsp3) is 0.389. The molecule has 3 heterocycles. The molecule has 0 unspecified atom stereocenters. The van der Waals surface area contributed by atoms with Gasteiger partial charge in [-0.05, 0) is 24.3 Å². The second kappa shape index (κ2) is 7.51. The number of anilines is 1. The molecule has 1 saturated heterocycles. The number of fused-ring (bicyclic) bond motifs is 1. The first-order valence-electron chi connectivity index (χ1n) is 9.34. The van der Waals surface area contributed by atoms with E-state index in [4.69, 9.17) is 0 Å². The first-order valence-corrected chi connectivity index (χ1v) is 10.8. The number of benzene rings is 1. The van der Waals surface area contributed by atoms with Gasteiger partial charge in [0.25, 0.3) is 0 Å². The number of aryl methyl sites for hydroxylation is 1. The van der Waals surface area contributed by atoms with E-state index in [1.54, 1.807) is 16.6 Å². The lowest BCUT2D eigenvalue weighted by Crippen LogP contribution is -2.49. The van der Waals surface area contributed by atoms with Crippen LogP contribution in [0, 0.1) is 0 Å². The van der Waals surface area contributed by atoms with Crippen LogP contribution in [0.1, 0.15) is 18.3 Å². The summed E-state index contributed by atoms with van der Waals surface area (Å²) >= 11 is 0. The summed E-state index contributed by atoms with van der Waals surface area (Å²) in [5.74, 6) is 1.33. The normalized spacial score (nSPS) is 16.3. The van der Waals surface area contributed by atoms with E-state index in [9.17, 15) is 21.6 Å². The van der Waals surface area contributed by atoms with Crippen molar-refractivity contribution < 1.29 is 21.6 Å². The number of aromatic nitrogens is 4. The molecule has 1 fully saturated rings. The first-order chi connectivity index (χ1) is 14.2. The molecule has 0 N–H and O–H groups in total. The lowest BCUT2D eigenvalue weighted by molar-refractivity contribution is -0.139. The van der Waals surface area contributed by atoms with Crippen molar-refractivity contribution in [3.63, 3.8) is 0 Å². The quantitative estimate of drug-likeness (QED) is 0.619. The molecule has 0 radical (unpaired) electrons. The minimum atomic E-state index is -4.75. The van der Waals surface area contributed by atoms with Crippen molar-refractivity contribution in [2.24, 2.45) is 0 Å². The zero-order chi connectivity index (χ0) is 21.5. The van der Waals surface area contributed by atoms with Gasteiger partial charge in [0.05, 0.1) is 10.5 Å². The van der Waals surface area contributed by atoms with Gasteiger partial charge in [-0.15, -0.1) is 15.3 Å². The predicted molar refractivity (Wildman–Crippen MR) is 103 cm³/mol. The van der Waals surface area contributed by atoms with E-state index in [2.05, 4.69) is 15.3 Å². The van der Waals surface area contributed by atoms with Gasteiger partial charge in [-0.3, -0.25) is 0 Å². The third-order valence-corrected chi connectivity index (χ3v) is 6.96. The van der Waals surface area contributed by atoms with E-state index in [0.717, 1.165) is 16.4 Å². The van der Waals surface area contributed by atoms with Gasteiger partial charge in [-0.2, -0.15) is 22.0 Å². The molecule has 0 aliphatic carbocycles. The summed E-state index contributed by atoms with van der Waals surface area (Å²) in [4.78, 5) is 1.17. The molecule has 1 aliphatic rings. The van der Waals surface area contributed by atoms with Crippen molar-refractivity contribution in [3.05, 3.63) is 47.8 Å². The highest BCUT2D eigenvalue weighted by atomic mass is 32.2. The zero-order valence-corrected chi connectivity index (χ0v) is 16.9. The molecule has 0 bridgehead atoms. The molecule has 3 aromatic rings. The summed E-state index contributed by atoms with van der Waals surface area (Å²) in [6.07, 6.45) is -4.09. The van der Waals surface area contributed by atoms with Gasteiger partial charge in [0.1, 0.15) is 5.82 Å². The Morgan fingerprint density at radius 3 is 2.37 bits per heavy atom. The number of sulfonamides is 1. The van der Waals surface area contributed by atoms with E-state index >= 15 is 0 Å². The van der Waals surface area contributed by atoms with Crippen molar-refractivity contribution in [2.75, 3.05) is 31.1 Å². The molecule has 0 amide bonds. The smallest absolute Gasteiger partial charge is 0.353 e. The monoisotopic (exact) mass is 440 g/mol. The molecule has 0 saturated carbocycles. The van der Waals surface area contributed by atoms with Crippen molar-refractivity contribution in [2.45, 2.75) is 24.4 Å². The summed E-state index contributed by atoms with van der Waals surface area (Å²) < 4.78 is 68.3. The van der Waals surface area contributed by atoms with Crippen LogP contribution in [0.5, 0.6) is 0 Å². The SMILES string of the molecule is CCc1nnc2ccc(N3CCN(S(=O)(=O)c4ccccc4C(F)(F)F)CC3)nn12. The molecule has 1 aliphatic heterocycles. The third kappa shape index (κ3) is 3.60. The van der Waals surface area contributed by atoms with E-state index in [1.165, 1.54) is 12.1 Å². The van der Waals surface area contributed by atoms with Crippen LogP contribution in [-0.4, -0.2) is 58.7 Å². The fourth-order valence-corrected chi connectivity index (χ4v) is 5.07. The topological polar surface area (TPSA) is 83.7 Å². The number of nitrogens with zero attached hydrogens (tertiary/aromatic N) is 6. The Kier molecular flexibility index (Phi) is 5.14. The highest BCUT2D eigenvalue weighted by Crippen LogP contribution is 2.35. The molecular formula is C18H19F3N6O2S. The second-order valence-corrected chi connectivity index (χ2v) is 8.72. The van der Waals surface area contributed by atoms with Gasteiger partial charge in [0.15, 0.2) is 11.5 Å². The van der Waals surface area contributed by atoms with E-state index < -0.39 is 26.7 Å². The lowest BCUT2D eigenvalue weighted by atomic mass is 10.2. The van der Waals surface area contributed by atoms with Crippen LogP contribution < -0.4 is 4.90 Å². The maximum Gasteiger partial charge on any atom is 0.417 e. The molecule has 160 valence electrons. The molecule has 4 rings (SSSR count). The average molecular weight is 440 g/mol. The van der Waals surface area contributed by atoms with E-state index in [0.29, 0.717) is 36.8 Å². The average Bonchev–Trinajstić information content (AvgIpc) is 3.15. The number of hydrogen-bond donors (Lipinski definition) is 0. The predicted octanol–water partition coefficient (Wildman–Crippen LogP) is 2.22. The Morgan fingerprint density at radius 1 is 1.00 bits per heavy atom. The van der Waals surface area contributed by atoms with Gasteiger partial charge < -0.3 is 4.90 Å². The van der Waals surface area contributed by atoms with Crippen LogP contribution in [0.15, 0.2) is 41.3 Å². The van der Waals surface area contributed by atoms with Crippen molar-refractivity contribution >= 4 is 21.5 Å². The van der Waals surface area contributed by atoms with Crippen molar-refractivity contribution in [3.8, 4) is 0 Å². The van der Waals surface area contributed by atoms with Gasteiger partial charge in [0, 0.05) is 32.6 Å². The standard InChI is InChI=1S/C18H19F3N6O2S/c1-2-15-22-23-16-7-8-17(24-27(15)16)25-9-11-26(12-10-25)30(28,29)14-6-4-3-5-13(14)18(19,20)21/h3-8H,2,9-12H2,1H3. The maximum atomic E-state index is 13.3. The number of rotatable bonds is 4. The number of halogens is 3. The van der Waals surface area contributed by atoms with E-state index in [1.807, 2.05) is 11.8 Å². The minimum absolute atomic E-state index is 0.0526. The molecule has 2 aromatic heterocycles. The van der Waals surface area contributed by atoms with Gasteiger partial charge >= 0.3 is 6.18 Å². The maximum absolute atomic E-state index is 13.3. The first kappa shape index (κ1) is 20.5. The lowest BCUT2D eigenvalue weighted by Gasteiger charge is -2.34. The summed E-state index contributed by atoms with van der Waals surface area (Å²) in [5.41, 5.74) is -0.542. The summed E-state index contributed by atoms with van der Waals surface area (Å²) in [6.45, 7) is 2.65. The molecule has 1 aromatic carbocycles. The minimum Gasteiger partial charge on any atom is -0.353 e. The highest BCUT2D eigenvalue weighted by molar-refractivity contribution is 7.89. The van der Waals surface area contributed by atoms with Crippen LogP contribution in [0.4, 0.5) is 19.0 Å². The van der Waals surface area contributed by atoms with Crippen molar-refractivity contribution in [1.82, 2.24) is 24.1 Å². The highest BCUT2D eigenvalue weighted by Gasteiger charge is 2.39. The second-order valence-electron chi connectivity index (χ2n) is 6.82. The molecular weight excluding hydrogens is 421 g/mol. The van der Waals surface area contributed by atoms with Gasteiger partial charge in [-0.1, -0.05) is 19.1 Å². The number of hydrogen-bond acceptors (Lipinski definition) is 6. The summed E-state index contributed by atoms with van der Waals surface area (Å²) in [6, 6.07) is 7.80. The fourth-order valence-electron chi connectivity index (χ4n) is 3.44. The van der Waals surface area contributed by atoms with Crippen LogP contribution in [0.25, 0.3) is 5.65 Å². The molecule has 30 heavy (non-hydrogen) atoms. The zero-order valence-electron chi connectivity index (χ0n) is 16.0. The van der Waals surface area contributed by atoms with E-state index in [-0.39, 0.29) is 13.1 Å². The van der Waals surface area contributed by atoms with Gasteiger partial charge in [0.2, 0.25) is 10.0 Å². The third-order valence-electron chi connectivity index (χ3n) is 5.00. The largest absolute Gasteiger partial charge is 0.417 e. The Labute approximate surface area is 171 Å². The molecule has 8 nitrogen and oxygen atoms in total. The van der Waals surface area contributed by atoms with Crippen LogP contribution in [0.2, 0.25) is 0 Å².